The van der Waals surface area contributed by atoms with Crippen LogP contribution in [0.5, 0.6) is 0 Å². The largest absolute Gasteiger partial charge is 0.397 e. The van der Waals surface area contributed by atoms with Gasteiger partial charge in [0.1, 0.15) is 0 Å². The summed E-state index contributed by atoms with van der Waals surface area (Å²) in [5.74, 6) is 0. The maximum atomic E-state index is 5.96. The fraction of sp³-hybridized carbons (Fsp3) is 0.111. The van der Waals surface area contributed by atoms with E-state index in [0.29, 0.717) is 0 Å². The second-order valence-electron chi connectivity index (χ2n) is 2.68. The van der Waals surface area contributed by atoms with Gasteiger partial charge in [-0.1, -0.05) is 0 Å². The molecule has 0 aliphatic rings. The van der Waals surface area contributed by atoms with Crippen LogP contribution in [0.1, 0.15) is 0 Å². The zero-order valence-electron chi connectivity index (χ0n) is 7.07. The molecule has 0 aliphatic heterocycles. The quantitative estimate of drug-likeness (QED) is 0.443. The fourth-order valence-electron chi connectivity index (χ4n) is 1.27. The summed E-state index contributed by atoms with van der Waals surface area (Å²) in [5, 5.41) is 3.30. The van der Waals surface area contributed by atoms with Crippen LogP contribution in [-0.4, -0.2) is 6.26 Å². The number of rotatable bonds is 1. The number of nitrogens with two attached hydrogens (primary N) is 1. The van der Waals surface area contributed by atoms with Crippen LogP contribution < -0.4 is 5.73 Å². The SMILES string of the molecule is CSc1csc2ccc(S)c(N)c12. The standard InChI is InChI=1S/C9H9NS3/c1-12-7-4-13-6-3-2-5(11)9(10)8(6)7/h2-4,11H,10H2,1H3. The van der Waals surface area contributed by atoms with E-state index in [1.807, 2.05) is 6.07 Å². The molecular weight excluding hydrogens is 218 g/mol. The average Bonchev–Trinajstić information content (AvgIpc) is 2.55. The molecule has 0 amide bonds. The number of anilines is 1. The summed E-state index contributed by atoms with van der Waals surface area (Å²) < 4.78 is 1.24. The van der Waals surface area contributed by atoms with Crippen molar-refractivity contribution in [2.75, 3.05) is 12.0 Å². The normalized spacial score (nSPS) is 10.9. The van der Waals surface area contributed by atoms with E-state index in [9.17, 15) is 0 Å². The van der Waals surface area contributed by atoms with Crippen molar-refractivity contribution in [3.63, 3.8) is 0 Å². The van der Waals surface area contributed by atoms with Crippen LogP contribution in [0.3, 0.4) is 0 Å². The van der Waals surface area contributed by atoms with Crippen molar-refractivity contribution in [2.24, 2.45) is 0 Å². The molecule has 0 fully saturated rings. The lowest BCUT2D eigenvalue weighted by atomic mass is 10.2. The third-order valence-electron chi connectivity index (χ3n) is 1.94. The van der Waals surface area contributed by atoms with Crippen molar-refractivity contribution in [2.45, 2.75) is 9.79 Å². The fourth-order valence-corrected chi connectivity index (χ4v) is 3.31. The minimum absolute atomic E-state index is 0.798. The summed E-state index contributed by atoms with van der Waals surface area (Å²) in [6, 6.07) is 4.01. The highest BCUT2D eigenvalue weighted by Crippen LogP contribution is 2.38. The Balaban J connectivity index is 2.85. The molecule has 0 aliphatic carbocycles. The Morgan fingerprint density at radius 1 is 1.46 bits per heavy atom. The number of thiol groups is 1. The molecule has 1 nitrogen and oxygen atoms in total. The lowest BCUT2D eigenvalue weighted by molar-refractivity contribution is 1.50. The molecule has 2 N–H and O–H groups in total. The highest BCUT2D eigenvalue weighted by molar-refractivity contribution is 7.99. The first-order valence-electron chi connectivity index (χ1n) is 3.76. The Morgan fingerprint density at radius 2 is 2.23 bits per heavy atom. The highest BCUT2D eigenvalue weighted by atomic mass is 32.2. The van der Waals surface area contributed by atoms with E-state index in [2.05, 4.69) is 30.3 Å². The Labute approximate surface area is 90.7 Å². The third kappa shape index (κ3) is 1.43. The Kier molecular flexibility index (Phi) is 2.45. The van der Waals surface area contributed by atoms with Crippen LogP contribution in [0.4, 0.5) is 5.69 Å². The first-order chi connectivity index (χ1) is 6.24. The second-order valence-corrected chi connectivity index (χ2v) is 4.92. The molecule has 1 aromatic carbocycles. The summed E-state index contributed by atoms with van der Waals surface area (Å²) in [5.41, 5.74) is 6.75. The van der Waals surface area contributed by atoms with E-state index in [1.54, 1.807) is 23.1 Å². The summed E-state index contributed by atoms with van der Waals surface area (Å²) in [6.45, 7) is 0. The van der Waals surface area contributed by atoms with Crippen molar-refractivity contribution < 1.29 is 0 Å². The highest BCUT2D eigenvalue weighted by Gasteiger charge is 2.08. The van der Waals surface area contributed by atoms with Crippen LogP contribution >= 0.6 is 35.7 Å². The van der Waals surface area contributed by atoms with E-state index in [0.717, 1.165) is 16.0 Å². The van der Waals surface area contributed by atoms with Gasteiger partial charge in [-0.3, -0.25) is 0 Å². The minimum atomic E-state index is 0.798. The topological polar surface area (TPSA) is 26.0 Å². The molecule has 0 atom stereocenters. The number of fused-ring (bicyclic) bond motifs is 1. The summed E-state index contributed by atoms with van der Waals surface area (Å²) >= 11 is 7.76. The molecule has 2 aromatic rings. The van der Waals surface area contributed by atoms with Crippen LogP contribution in [0.25, 0.3) is 10.1 Å². The van der Waals surface area contributed by atoms with Crippen LogP contribution in [0.2, 0.25) is 0 Å². The second kappa shape index (κ2) is 3.44. The molecule has 0 saturated carbocycles. The van der Waals surface area contributed by atoms with Gasteiger partial charge in [-0.25, -0.2) is 0 Å². The van der Waals surface area contributed by atoms with Crippen LogP contribution in [-0.2, 0) is 0 Å². The van der Waals surface area contributed by atoms with E-state index >= 15 is 0 Å². The van der Waals surface area contributed by atoms with Gasteiger partial charge in [0, 0.05) is 25.3 Å². The third-order valence-corrected chi connectivity index (χ3v) is 4.19. The summed E-state index contributed by atoms with van der Waals surface area (Å²) in [4.78, 5) is 2.11. The lowest BCUT2D eigenvalue weighted by Crippen LogP contribution is -1.87. The number of nitrogen functional groups attached to an aromatic ring is 1. The van der Waals surface area contributed by atoms with Crippen molar-refractivity contribution in [1.82, 2.24) is 0 Å². The molecule has 0 bridgehead atoms. The number of thioether (sulfide) groups is 1. The molecule has 0 radical (unpaired) electrons. The van der Waals surface area contributed by atoms with Crippen molar-refractivity contribution in [3.8, 4) is 0 Å². The number of thiophene rings is 1. The lowest BCUT2D eigenvalue weighted by Gasteiger charge is -2.01. The molecule has 68 valence electrons. The van der Waals surface area contributed by atoms with Gasteiger partial charge in [-0.2, -0.15) is 0 Å². The molecular formula is C9H9NS3. The first-order valence-corrected chi connectivity index (χ1v) is 6.32. The molecule has 1 aromatic heterocycles. The predicted octanol–water partition coefficient (Wildman–Crippen LogP) is 3.49. The average molecular weight is 227 g/mol. The number of hydrogen-bond acceptors (Lipinski definition) is 4. The molecule has 0 unspecified atom stereocenters. The molecule has 4 heteroatoms. The first kappa shape index (κ1) is 9.24. The van der Waals surface area contributed by atoms with Gasteiger partial charge in [0.15, 0.2) is 0 Å². The number of benzene rings is 1. The molecule has 13 heavy (non-hydrogen) atoms. The Morgan fingerprint density at radius 3 is 2.92 bits per heavy atom. The molecule has 0 saturated heterocycles. The maximum absolute atomic E-state index is 5.96. The van der Waals surface area contributed by atoms with Gasteiger partial charge in [0.05, 0.1) is 5.69 Å². The van der Waals surface area contributed by atoms with Gasteiger partial charge in [-0.05, 0) is 18.4 Å². The van der Waals surface area contributed by atoms with Gasteiger partial charge in [-0.15, -0.1) is 35.7 Å². The van der Waals surface area contributed by atoms with Crippen LogP contribution in [0.15, 0.2) is 27.3 Å². The molecule has 2 rings (SSSR count). The van der Waals surface area contributed by atoms with Crippen molar-refractivity contribution >= 4 is 51.5 Å². The monoisotopic (exact) mass is 227 g/mol. The van der Waals surface area contributed by atoms with Gasteiger partial charge in [0.2, 0.25) is 0 Å². The summed E-state index contributed by atoms with van der Waals surface area (Å²) in [6.07, 6.45) is 2.06. The van der Waals surface area contributed by atoms with Crippen molar-refractivity contribution in [1.29, 1.82) is 0 Å². The van der Waals surface area contributed by atoms with Gasteiger partial charge < -0.3 is 5.73 Å². The number of hydrogen-bond donors (Lipinski definition) is 2. The zero-order valence-corrected chi connectivity index (χ0v) is 9.60. The van der Waals surface area contributed by atoms with E-state index in [-0.39, 0.29) is 0 Å². The van der Waals surface area contributed by atoms with Gasteiger partial charge in [0.25, 0.3) is 0 Å². The minimum Gasteiger partial charge on any atom is -0.397 e. The smallest absolute Gasteiger partial charge is 0.0549 e. The molecule has 1 heterocycles. The summed E-state index contributed by atoms with van der Waals surface area (Å²) in [7, 11) is 0. The molecule has 0 spiro atoms. The van der Waals surface area contributed by atoms with E-state index in [1.165, 1.54) is 9.60 Å². The Hall–Kier alpha value is -0.320. The Bertz CT molecular complexity index is 447. The van der Waals surface area contributed by atoms with E-state index in [4.69, 9.17) is 5.73 Å². The zero-order chi connectivity index (χ0) is 9.42. The van der Waals surface area contributed by atoms with Gasteiger partial charge >= 0.3 is 0 Å². The van der Waals surface area contributed by atoms with Crippen LogP contribution in [0, 0.1) is 0 Å². The maximum Gasteiger partial charge on any atom is 0.0549 e. The van der Waals surface area contributed by atoms with E-state index < -0.39 is 0 Å². The van der Waals surface area contributed by atoms with Crippen molar-refractivity contribution in [3.05, 3.63) is 17.5 Å². The predicted molar refractivity (Wildman–Crippen MR) is 65.3 cm³/mol.